The smallest absolute Gasteiger partial charge is 0.314 e. The van der Waals surface area contributed by atoms with E-state index < -0.39 is 0 Å². The Balaban J connectivity index is 2.18. The van der Waals surface area contributed by atoms with E-state index in [2.05, 4.69) is 34.1 Å². The number of hydrogen-bond acceptors (Lipinski definition) is 5. The van der Waals surface area contributed by atoms with Gasteiger partial charge < -0.3 is 20.1 Å². The van der Waals surface area contributed by atoms with E-state index in [1.54, 1.807) is 0 Å². The van der Waals surface area contributed by atoms with E-state index in [-0.39, 0.29) is 12.0 Å². The number of carbonyl (C=O) groups excluding carboxylic acids is 2. The highest BCUT2D eigenvalue weighted by Gasteiger charge is 2.24. The molecule has 7 heteroatoms. The average Bonchev–Trinajstić information content (AvgIpc) is 2.55. The van der Waals surface area contributed by atoms with Gasteiger partial charge in [0.1, 0.15) is 0 Å². The molecule has 1 heterocycles. The number of rotatable bonds is 9. The number of esters is 1. The molecular weight excluding hydrogens is 298 g/mol. The van der Waals surface area contributed by atoms with Crippen LogP contribution >= 0.6 is 0 Å². The number of morpholine rings is 1. The highest BCUT2D eigenvalue weighted by atomic mass is 16.5. The summed E-state index contributed by atoms with van der Waals surface area (Å²) in [6, 6.07) is 0.172. The summed E-state index contributed by atoms with van der Waals surface area (Å²) in [5.41, 5.74) is 0. The minimum Gasteiger partial charge on any atom is -0.469 e. The molecule has 0 saturated carbocycles. The third-order valence-electron chi connectivity index (χ3n) is 4.08. The number of nitrogens with one attached hydrogen (secondary N) is 2. The molecule has 1 atom stereocenters. The maximum Gasteiger partial charge on any atom is 0.314 e. The van der Waals surface area contributed by atoms with Crippen LogP contribution in [0.3, 0.4) is 0 Å². The van der Waals surface area contributed by atoms with Gasteiger partial charge in [-0.2, -0.15) is 0 Å². The Labute approximate surface area is 139 Å². The Morgan fingerprint density at radius 1 is 1.17 bits per heavy atom. The van der Waals surface area contributed by atoms with Crippen molar-refractivity contribution in [2.45, 2.75) is 39.2 Å². The number of methoxy groups -OCH3 is 1. The SMILES string of the molecule is COC(=O)CCCCNC(=O)NCC(C(C)C)N1CCOCC1. The van der Waals surface area contributed by atoms with Crippen molar-refractivity contribution in [2.75, 3.05) is 46.5 Å². The standard InChI is InChI=1S/C16H31N3O4/c1-13(2)14(19-8-10-23-11-9-19)12-18-16(21)17-7-5-4-6-15(20)22-3/h13-14H,4-12H2,1-3H3,(H2,17,18,21). The molecular formula is C16H31N3O4. The number of nitrogens with zero attached hydrogens (tertiary/aromatic N) is 1. The predicted molar refractivity (Wildman–Crippen MR) is 88.3 cm³/mol. The number of ether oxygens (including phenoxy) is 2. The number of urea groups is 1. The first-order valence-corrected chi connectivity index (χ1v) is 8.45. The Kier molecular flexibility index (Phi) is 9.63. The van der Waals surface area contributed by atoms with Crippen LogP contribution in [-0.4, -0.2) is 69.4 Å². The van der Waals surface area contributed by atoms with Crippen molar-refractivity contribution in [3.05, 3.63) is 0 Å². The van der Waals surface area contributed by atoms with E-state index in [0.29, 0.717) is 31.5 Å². The fourth-order valence-corrected chi connectivity index (χ4v) is 2.65. The second-order valence-corrected chi connectivity index (χ2v) is 6.13. The Morgan fingerprint density at radius 2 is 1.87 bits per heavy atom. The third-order valence-corrected chi connectivity index (χ3v) is 4.08. The van der Waals surface area contributed by atoms with Crippen molar-refractivity contribution in [3.8, 4) is 0 Å². The van der Waals surface area contributed by atoms with Gasteiger partial charge in [0.2, 0.25) is 0 Å². The molecule has 0 aromatic carbocycles. The highest BCUT2D eigenvalue weighted by Crippen LogP contribution is 2.12. The molecule has 1 rings (SSSR count). The largest absolute Gasteiger partial charge is 0.469 e. The fraction of sp³-hybridized carbons (Fsp3) is 0.875. The highest BCUT2D eigenvalue weighted by molar-refractivity contribution is 5.73. The molecule has 134 valence electrons. The van der Waals surface area contributed by atoms with Crippen LogP contribution in [0.15, 0.2) is 0 Å². The second-order valence-electron chi connectivity index (χ2n) is 6.13. The number of hydrogen-bond donors (Lipinski definition) is 2. The normalized spacial score (nSPS) is 16.9. The quantitative estimate of drug-likeness (QED) is 0.487. The summed E-state index contributed by atoms with van der Waals surface area (Å²) in [6.07, 6.45) is 1.88. The van der Waals surface area contributed by atoms with Gasteiger partial charge in [0.15, 0.2) is 0 Å². The van der Waals surface area contributed by atoms with Gasteiger partial charge in [-0.05, 0) is 18.8 Å². The van der Waals surface area contributed by atoms with Crippen molar-refractivity contribution in [1.29, 1.82) is 0 Å². The zero-order valence-electron chi connectivity index (χ0n) is 14.6. The predicted octanol–water partition coefficient (Wildman–Crippen LogP) is 0.986. The minimum atomic E-state index is -0.209. The maximum atomic E-state index is 11.8. The average molecular weight is 329 g/mol. The van der Waals surface area contributed by atoms with E-state index >= 15 is 0 Å². The van der Waals surface area contributed by atoms with Crippen molar-refractivity contribution in [3.63, 3.8) is 0 Å². The number of unbranched alkanes of at least 4 members (excludes halogenated alkanes) is 1. The van der Waals surface area contributed by atoms with Crippen LogP contribution in [0.2, 0.25) is 0 Å². The molecule has 1 fully saturated rings. The molecule has 0 radical (unpaired) electrons. The number of amides is 2. The van der Waals surface area contributed by atoms with Gasteiger partial charge in [-0.15, -0.1) is 0 Å². The lowest BCUT2D eigenvalue weighted by atomic mass is 10.0. The monoisotopic (exact) mass is 329 g/mol. The first-order chi connectivity index (χ1) is 11.0. The van der Waals surface area contributed by atoms with Crippen LogP contribution in [-0.2, 0) is 14.3 Å². The van der Waals surface area contributed by atoms with E-state index in [9.17, 15) is 9.59 Å². The first-order valence-electron chi connectivity index (χ1n) is 8.45. The van der Waals surface area contributed by atoms with Gasteiger partial charge in [0.05, 0.1) is 20.3 Å². The molecule has 0 aromatic heterocycles. The lowest BCUT2D eigenvalue weighted by Gasteiger charge is -2.36. The van der Waals surface area contributed by atoms with Crippen LogP contribution < -0.4 is 10.6 Å². The zero-order valence-corrected chi connectivity index (χ0v) is 14.6. The van der Waals surface area contributed by atoms with E-state index in [0.717, 1.165) is 39.1 Å². The van der Waals surface area contributed by atoms with Crippen molar-refractivity contribution in [1.82, 2.24) is 15.5 Å². The summed E-state index contributed by atoms with van der Waals surface area (Å²) in [6.45, 7) is 8.89. The summed E-state index contributed by atoms with van der Waals surface area (Å²) in [7, 11) is 1.38. The van der Waals surface area contributed by atoms with Crippen molar-refractivity contribution >= 4 is 12.0 Å². The van der Waals surface area contributed by atoms with Crippen LogP contribution in [0.1, 0.15) is 33.1 Å². The summed E-state index contributed by atoms with van der Waals surface area (Å²) >= 11 is 0. The fourth-order valence-electron chi connectivity index (χ4n) is 2.65. The summed E-state index contributed by atoms with van der Waals surface area (Å²) < 4.78 is 9.95. The van der Waals surface area contributed by atoms with Crippen LogP contribution in [0.5, 0.6) is 0 Å². The van der Waals surface area contributed by atoms with E-state index in [1.165, 1.54) is 7.11 Å². The molecule has 2 N–H and O–H groups in total. The molecule has 1 aliphatic heterocycles. The van der Waals surface area contributed by atoms with E-state index in [4.69, 9.17) is 4.74 Å². The molecule has 7 nitrogen and oxygen atoms in total. The van der Waals surface area contributed by atoms with Crippen molar-refractivity contribution in [2.24, 2.45) is 5.92 Å². The van der Waals surface area contributed by atoms with E-state index in [1.807, 2.05) is 0 Å². The number of carbonyl (C=O) groups is 2. The molecule has 23 heavy (non-hydrogen) atoms. The van der Waals surface area contributed by atoms with Gasteiger partial charge in [0, 0.05) is 38.6 Å². The minimum absolute atomic E-state index is 0.151. The maximum absolute atomic E-state index is 11.8. The molecule has 1 unspecified atom stereocenters. The van der Waals surface area contributed by atoms with Crippen molar-refractivity contribution < 1.29 is 19.1 Å². The summed E-state index contributed by atoms with van der Waals surface area (Å²) in [5.74, 6) is 0.258. The molecule has 1 saturated heterocycles. The summed E-state index contributed by atoms with van der Waals surface area (Å²) in [4.78, 5) is 25.2. The molecule has 0 aromatic rings. The Bertz CT molecular complexity index is 357. The molecule has 2 amide bonds. The Hall–Kier alpha value is -1.34. The first kappa shape index (κ1) is 19.7. The van der Waals surface area contributed by atoms with Gasteiger partial charge in [-0.3, -0.25) is 9.69 Å². The van der Waals surface area contributed by atoms with Gasteiger partial charge >= 0.3 is 12.0 Å². The lowest BCUT2D eigenvalue weighted by molar-refractivity contribution is -0.140. The van der Waals surface area contributed by atoms with Gasteiger partial charge in [-0.25, -0.2) is 4.79 Å². The van der Waals surface area contributed by atoms with Crippen LogP contribution in [0, 0.1) is 5.92 Å². The molecule has 0 bridgehead atoms. The second kappa shape index (κ2) is 11.2. The van der Waals surface area contributed by atoms with Gasteiger partial charge in [0.25, 0.3) is 0 Å². The zero-order chi connectivity index (χ0) is 17.1. The lowest BCUT2D eigenvalue weighted by Crippen LogP contribution is -2.52. The molecule has 1 aliphatic rings. The molecule has 0 spiro atoms. The van der Waals surface area contributed by atoms with Gasteiger partial charge in [-0.1, -0.05) is 13.8 Å². The topological polar surface area (TPSA) is 79.9 Å². The molecule has 0 aliphatic carbocycles. The van der Waals surface area contributed by atoms with Crippen LogP contribution in [0.25, 0.3) is 0 Å². The Morgan fingerprint density at radius 3 is 2.48 bits per heavy atom. The summed E-state index contributed by atoms with van der Waals surface area (Å²) in [5, 5.41) is 5.77. The third kappa shape index (κ3) is 8.18. The van der Waals surface area contributed by atoms with Crippen LogP contribution in [0.4, 0.5) is 4.79 Å².